The Bertz CT molecular complexity index is 1750. The third-order valence-electron chi connectivity index (χ3n) is 6.68. The van der Waals surface area contributed by atoms with E-state index < -0.39 is 10.0 Å². The van der Waals surface area contributed by atoms with Crippen LogP contribution >= 0.6 is 11.3 Å². The fraction of sp³-hybridized carbons (Fsp3) is 0.138. The lowest BCUT2D eigenvalue weighted by Crippen LogP contribution is -2.31. The molecule has 0 fully saturated rings. The number of para-hydroxylation sites is 2. The van der Waals surface area contributed by atoms with Crippen molar-refractivity contribution in [2.75, 3.05) is 15.7 Å². The van der Waals surface area contributed by atoms with Crippen molar-refractivity contribution < 1.29 is 13.2 Å². The lowest BCUT2D eigenvalue weighted by molar-refractivity contribution is 0.0985. The highest BCUT2D eigenvalue weighted by Gasteiger charge is 2.31. The van der Waals surface area contributed by atoms with Crippen molar-refractivity contribution in [2.24, 2.45) is 0 Å². The Balaban J connectivity index is 1.33. The second kappa shape index (κ2) is 9.66. The molecule has 0 aliphatic carbocycles. The highest BCUT2D eigenvalue weighted by molar-refractivity contribution is 7.92. The molecule has 1 aliphatic heterocycles. The fourth-order valence-corrected chi connectivity index (χ4v) is 7.25. The quantitative estimate of drug-likeness (QED) is 0.280. The zero-order chi connectivity index (χ0) is 26.3. The molecular formula is C29H24N4O3S2. The number of thiazole rings is 1. The van der Waals surface area contributed by atoms with Gasteiger partial charge in [-0.15, -0.1) is 0 Å². The number of aryl methyl sites for hydroxylation is 1. The minimum absolute atomic E-state index is 0.153. The number of nitrogens with zero attached hydrogens (tertiary/aromatic N) is 4. The summed E-state index contributed by atoms with van der Waals surface area (Å²) in [4.78, 5) is 24.6. The first-order valence-corrected chi connectivity index (χ1v) is 14.4. The second-order valence-corrected chi connectivity index (χ2v) is 12.0. The highest BCUT2D eigenvalue weighted by atomic mass is 32.2. The van der Waals surface area contributed by atoms with E-state index in [1.165, 1.54) is 27.8 Å². The van der Waals surface area contributed by atoms with Crippen LogP contribution in [0.1, 0.15) is 27.0 Å². The number of rotatable bonds is 6. The molecule has 9 heteroatoms. The number of hydrogen-bond acceptors (Lipinski definition) is 6. The largest absolute Gasteiger partial charge is 0.279 e. The van der Waals surface area contributed by atoms with Gasteiger partial charge in [0.2, 0.25) is 0 Å². The van der Waals surface area contributed by atoms with E-state index >= 15 is 0 Å². The molecule has 6 rings (SSSR count). The number of fused-ring (bicyclic) bond motifs is 2. The molecule has 0 unspecified atom stereocenters. The van der Waals surface area contributed by atoms with Crippen LogP contribution < -0.4 is 9.21 Å². The fourth-order valence-electron chi connectivity index (χ4n) is 4.70. The summed E-state index contributed by atoms with van der Waals surface area (Å²) in [6, 6.07) is 23.4. The first kappa shape index (κ1) is 24.3. The Kier molecular flexibility index (Phi) is 6.17. The number of sulfonamides is 1. The van der Waals surface area contributed by atoms with Crippen molar-refractivity contribution in [3.05, 3.63) is 114 Å². The summed E-state index contributed by atoms with van der Waals surface area (Å²) >= 11 is 1.45. The van der Waals surface area contributed by atoms with Gasteiger partial charge in [0.1, 0.15) is 0 Å². The summed E-state index contributed by atoms with van der Waals surface area (Å²) < 4.78 is 29.3. The van der Waals surface area contributed by atoms with Gasteiger partial charge in [-0.3, -0.25) is 19.0 Å². The molecular weight excluding hydrogens is 516 g/mol. The molecule has 0 spiro atoms. The summed E-state index contributed by atoms with van der Waals surface area (Å²) in [6.07, 6.45) is 4.09. The van der Waals surface area contributed by atoms with Crippen molar-refractivity contribution in [1.29, 1.82) is 0 Å². The lowest BCUT2D eigenvalue weighted by Gasteiger charge is -2.21. The summed E-state index contributed by atoms with van der Waals surface area (Å²) in [6.45, 7) is 2.69. The lowest BCUT2D eigenvalue weighted by atomic mass is 10.2. The van der Waals surface area contributed by atoms with Crippen LogP contribution in [0.3, 0.4) is 0 Å². The molecule has 3 heterocycles. The topological polar surface area (TPSA) is 83.5 Å². The summed E-state index contributed by atoms with van der Waals surface area (Å²) in [7, 11) is -3.75. The van der Waals surface area contributed by atoms with E-state index in [0.29, 0.717) is 29.3 Å². The molecule has 190 valence electrons. The molecule has 0 saturated carbocycles. The van der Waals surface area contributed by atoms with Crippen LogP contribution in [0.15, 0.2) is 96.2 Å². The molecule has 1 amide bonds. The summed E-state index contributed by atoms with van der Waals surface area (Å²) in [5.74, 6) is -0.263. The van der Waals surface area contributed by atoms with E-state index in [1.807, 2.05) is 61.5 Å². The average molecular weight is 541 g/mol. The second-order valence-electron chi connectivity index (χ2n) is 9.15. The molecule has 3 aromatic carbocycles. The maximum Gasteiger partial charge on any atom is 0.264 e. The zero-order valence-electron chi connectivity index (χ0n) is 20.6. The van der Waals surface area contributed by atoms with Gasteiger partial charge in [-0.25, -0.2) is 13.4 Å². The van der Waals surface area contributed by atoms with Crippen molar-refractivity contribution in [3.63, 3.8) is 0 Å². The van der Waals surface area contributed by atoms with Crippen LogP contribution in [0.2, 0.25) is 0 Å². The molecule has 1 aliphatic rings. The van der Waals surface area contributed by atoms with Crippen LogP contribution in [0, 0.1) is 6.92 Å². The molecule has 0 atom stereocenters. The normalized spacial score (nSPS) is 13.0. The van der Waals surface area contributed by atoms with E-state index in [2.05, 4.69) is 4.98 Å². The maximum atomic E-state index is 13.8. The van der Waals surface area contributed by atoms with Gasteiger partial charge in [-0.2, -0.15) is 0 Å². The summed E-state index contributed by atoms with van der Waals surface area (Å²) in [5.41, 5.74) is 4.87. The molecule has 2 aromatic heterocycles. The predicted molar refractivity (Wildman–Crippen MR) is 150 cm³/mol. The van der Waals surface area contributed by atoms with Crippen LogP contribution in [0.5, 0.6) is 0 Å². The standard InChI is InChI=1S/C29H24N4O3S2/c1-20-6-4-10-26-27(20)31-29(37-26)32(19-21-7-5-16-30-18-21)28(34)23-11-13-24(14-12-23)38(35,36)33-17-15-22-8-2-3-9-25(22)33/h2-14,16,18H,15,17,19H2,1H3. The van der Waals surface area contributed by atoms with Gasteiger partial charge in [-0.1, -0.05) is 47.7 Å². The Morgan fingerprint density at radius 3 is 2.58 bits per heavy atom. The molecule has 0 bridgehead atoms. The van der Waals surface area contributed by atoms with Gasteiger partial charge < -0.3 is 0 Å². The SMILES string of the molecule is Cc1cccc2sc(N(Cc3cccnc3)C(=O)c3ccc(S(=O)(=O)N4CCc5ccccc54)cc3)nc12. The zero-order valence-corrected chi connectivity index (χ0v) is 22.2. The van der Waals surface area contributed by atoms with E-state index in [4.69, 9.17) is 4.98 Å². The molecule has 0 saturated heterocycles. The minimum atomic E-state index is -3.75. The van der Waals surface area contributed by atoms with E-state index in [9.17, 15) is 13.2 Å². The number of carbonyl (C=O) groups is 1. The smallest absolute Gasteiger partial charge is 0.264 e. The van der Waals surface area contributed by atoms with Crippen LogP contribution in [0.4, 0.5) is 10.8 Å². The Morgan fingerprint density at radius 1 is 1.00 bits per heavy atom. The first-order chi connectivity index (χ1) is 18.4. The predicted octanol–water partition coefficient (Wildman–Crippen LogP) is 5.60. The van der Waals surface area contributed by atoms with Gasteiger partial charge in [0.15, 0.2) is 5.13 Å². The van der Waals surface area contributed by atoms with E-state index in [1.54, 1.807) is 29.4 Å². The van der Waals surface area contributed by atoms with Crippen molar-refractivity contribution >= 4 is 48.3 Å². The Labute approximate surface area is 225 Å². The monoisotopic (exact) mass is 540 g/mol. The Hall–Kier alpha value is -4.08. The molecule has 0 radical (unpaired) electrons. The number of aromatic nitrogens is 2. The highest BCUT2D eigenvalue weighted by Crippen LogP contribution is 2.34. The van der Waals surface area contributed by atoms with Crippen molar-refractivity contribution in [1.82, 2.24) is 9.97 Å². The summed E-state index contributed by atoms with van der Waals surface area (Å²) in [5, 5.41) is 0.577. The third kappa shape index (κ3) is 4.33. The average Bonchev–Trinajstić information content (AvgIpc) is 3.58. The molecule has 5 aromatic rings. The van der Waals surface area contributed by atoms with Crippen LogP contribution in [-0.4, -0.2) is 30.8 Å². The molecule has 38 heavy (non-hydrogen) atoms. The number of pyridine rings is 1. The van der Waals surface area contributed by atoms with Crippen LogP contribution in [0.25, 0.3) is 10.2 Å². The van der Waals surface area contributed by atoms with E-state index in [-0.39, 0.29) is 17.3 Å². The maximum absolute atomic E-state index is 13.8. The Morgan fingerprint density at radius 2 is 1.82 bits per heavy atom. The number of hydrogen-bond donors (Lipinski definition) is 0. The van der Waals surface area contributed by atoms with E-state index in [0.717, 1.165) is 26.9 Å². The van der Waals surface area contributed by atoms with Gasteiger partial charge in [-0.05, 0) is 72.5 Å². The molecule has 0 N–H and O–H groups in total. The van der Waals surface area contributed by atoms with Gasteiger partial charge in [0, 0.05) is 24.5 Å². The number of anilines is 2. The van der Waals surface area contributed by atoms with Crippen molar-refractivity contribution in [3.8, 4) is 0 Å². The molecule has 7 nitrogen and oxygen atoms in total. The van der Waals surface area contributed by atoms with Gasteiger partial charge in [0.25, 0.3) is 15.9 Å². The first-order valence-electron chi connectivity index (χ1n) is 12.2. The van der Waals surface area contributed by atoms with Crippen LogP contribution in [-0.2, 0) is 23.0 Å². The van der Waals surface area contributed by atoms with Crippen molar-refractivity contribution in [2.45, 2.75) is 24.8 Å². The minimum Gasteiger partial charge on any atom is -0.279 e. The third-order valence-corrected chi connectivity index (χ3v) is 9.55. The number of carbonyl (C=O) groups excluding carboxylic acids is 1. The number of benzene rings is 3. The number of amides is 1. The van der Waals surface area contributed by atoms with Gasteiger partial charge in [0.05, 0.1) is 27.3 Å². The van der Waals surface area contributed by atoms with Gasteiger partial charge >= 0.3 is 0 Å².